The molecule has 8 aromatic rings. The summed E-state index contributed by atoms with van der Waals surface area (Å²) < 4.78 is 6.81. The normalized spacial score (nSPS) is 14.5. The fraction of sp³-hybridized carbons (Fsp3) is 0.125. The number of fused-ring (bicyclic) bond motifs is 6. The molecule has 244 valence electrons. The molecule has 1 atom stereocenters. The Bertz CT molecular complexity index is 2790. The molecule has 0 amide bonds. The fourth-order valence-electron chi connectivity index (χ4n) is 8.07. The Hall–Kier alpha value is -6.24. The van der Waals surface area contributed by atoms with Gasteiger partial charge in [0.05, 0.1) is 11.8 Å². The van der Waals surface area contributed by atoms with Crippen LogP contribution < -0.4 is 0 Å². The third-order valence-electron chi connectivity index (χ3n) is 10.5. The van der Waals surface area contributed by atoms with Crippen LogP contribution in [0.15, 0.2) is 150 Å². The summed E-state index contributed by atoms with van der Waals surface area (Å²) in [4.78, 5) is 5.44. The number of hydrogen-bond acceptors (Lipinski definition) is 3. The highest BCUT2D eigenvalue weighted by atomic mass is 16.3. The highest BCUT2D eigenvalue weighted by Gasteiger charge is 2.26. The molecule has 0 aliphatic heterocycles. The lowest BCUT2D eigenvalue weighted by Gasteiger charge is -2.22. The summed E-state index contributed by atoms with van der Waals surface area (Å²) in [5.74, 6) is 0.206. The maximum absolute atomic E-state index is 9.90. The fourth-order valence-corrected chi connectivity index (χ4v) is 8.07. The van der Waals surface area contributed by atoms with Gasteiger partial charge in [-0.05, 0) is 105 Å². The summed E-state index contributed by atoms with van der Waals surface area (Å²) in [6.07, 6.45) is 7.01. The van der Waals surface area contributed by atoms with Crippen molar-refractivity contribution >= 4 is 43.6 Å². The molecule has 0 spiro atoms. The topological polar surface area (TPSA) is 49.8 Å². The van der Waals surface area contributed by atoms with Gasteiger partial charge in [-0.3, -0.25) is 0 Å². The molecule has 1 aliphatic carbocycles. The summed E-state index contributed by atoms with van der Waals surface area (Å²) in [6.45, 7) is 6.68. The van der Waals surface area contributed by atoms with Crippen LogP contribution in [0.4, 0.5) is 0 Å². The first-order chi connectivity index (χ1) is 25.0. The number of nitrogens with zero attached hydrogens (tertiary/aromatic N) is 2. The van der Waals surface area contributed by atoms with Crippen molar-refractivity contribution in [1.82, 2.24) is 4.98 Å². The molecule has 0 fully saturated rings. The minimum absolute atomic E-state index is 0.0569. The van der Waals surface area contributed by atoms with Gasteiger partial charge in [0.25, 0.3) is 0 Å². The predicted molar refractivity (Wildman–Crippen MR) is 212 cm³/mol. The van der Waals surface area contributed by atoms with E-state index in [0.717, 1.165) is 56.4 Å². The smallest absolute Gasteiger partial charge is 0.162 e. The summed E-state index contributed by atoms with van der Waals surface area (Å²) >= 11 is 0. The number of nitriles is 1. The first kappa shape index (κ1) is 30.8. The van der Waals surface area contributed by atoms with Crippen LogP contribution in [0.25, 0.3) is 77.1 Å². The van der Waals surface area contributed by atoms with E-state index in [4.69, 9.17) is 9.40 Å². The van der Waals surface area contributed by atoms with Crippen LogP contribution in [0.3, 0.4) is 0 Å². The van der Waals surface area contributed by atoms with E-state index in [0.29, 0.717) is 5.57 Å². The van der Waals surface area contributed by atoms with Gasteiger partial charge in [-0.25, -0.2) is 4.98 Å². The van der Waals surface area contributed by atoms with E-state index in [-0.39, 0.29) is 11.8 Å². The maximum Gasteiger partial charge on any atom is 0.162 e. The van der Waals surface area contributed by atoms with Crippen molar-refractivity contribution in [1.29, 1.82) is 5.26 Å². The van der Waals surface area contributed by atoms with Gasteiger partial charge in [-0.15, -0.1) is 0 Å². The van der Waals surface area contributed by atoms with Crippen molar-refractivity contribution < 1.29 is 4.42 Å². The van der Waals surface area contributed by atoms with E-state index in [2.05, 4.69) is 148 Å². The molecular weight excluding hydrogens is 621 g/mol. The van der Waals surface area contributed by atoms with Gasteiger partial charge in [0, 0.05) is 28.0 Å². The molecule has 0 bridgehead atoms. The number of benzene rings is 6. The number of allylic oxidation sites excluding steroid dienone is 4. The quantitative estimate of drug-likeness (QED) is 0.173. The van der Waals surface area contributed by atoms with Crippen molar-refractivity contribution in [2.45, 2.75) is 39.0 Å². The molecule has 0 N–H and O–H groups in total. The summed E-state index contributed by atoms with van der Waals surface area (Å²) in [5, 5.41) is 15.8. The highest BCUT2D eigenvalue weighted by molar-refractivity contribution is 6.14. The van der Waals surface area contributed by atoms with E-state index in [1.165, 1.54) is 43.8 Å². The number of para-hydroxylation sites is 1. The van der Waals surface area contributed by atoms with E-state index in [9.17, 15) is 5.26 Å². The average molecular weight is 657 g/mol. The second-order valence-corrected chi connectivity index (χ2v) is 14.0. The summed E-state index contributed by atoms with van der Waals surface area (Å²) in [6, 6.07) is 45.9. The van der Waals surface area contributed by atoms with Gasteiger partial charge in [0.1, 0.15) is 11.1 Å². The van der Waals surface area contributed by atoms with E-state index in [1.54, 1.807) is 0 Å². The van der Waals surface area contributed by atoms with Crippen LogP contribution in [0.5, 0.6) is 0 Å². The second-order valence-electron chi connectivity index (χ2n) is 14.0. The van der Waals surface area contributed by atoms with E-state index >= 15 is 0 Å². The van der Waals surface area contributed by atoms with Crippen LogP contribution in [-0.4, -0.2) is 4.98 Å². The largest absolute Gasteiger partial charge is 0.454 e. The molecule has 6 aromatic carbocycles. The number of aromatic nitrogens is 1. The zero-order valence-corrected chi connectivity index (χ0v) is 28.9. The molecular formula is C48H36N2O. The van der Waals surface area contributed by atoms with Crippen LogP contribution in [0.2, 0.25) is 0 Å². The minimum Gasteiger partial charge on any atom is -0.454 e. The van der Waals surface area contributed by atoms with Gasteiger partial charge >= 0.3 is 0 Å². The molecule has 1 aliphatic rings. The van der Waals surface area contributed by atoms with Gasteiger partial charge in [-0.2, -0.15) is 5.26 Å². The maximum atomic E-state index is 9.90. The highest BCUT2D eigenvalue weighted by Crippen LogP contribution is 2.47. The standard InChI is InChI=1S/C48H36N2O/c1-29(2)44-45(48-47(41-21-10-11-22-43(41)51-48)50-46(44)37-17-6-4-13-30(37)3)36-25-34(32-16-12-14-31(23-32)28-49)24-35(26-36)42-27-33-15-5-7-18-38(33)39-19-8-9-20-40(39)42/h4-15,17-27,29,32H,16H2,1-3H3. The lowest BCUT2D eigenvalue weighted by molar-refractivity contribution is 0.667. The van der Waals surface area contributed by atoms with Crippen molar-refractivity contribution in [2.24, 2.45) is 0 Å². The Balaban J connectivity index is 1.42. The summed E-state index contributed by atoms with van der Waals surface area (Å²) in [7, 11) is 0. The molecule has 0 radical (unpaired) electrons. The number of pyridine rings is 1. The molecule has 2 aromatic heterocycles. The molecule has 3 heteroatoms. The minimum atomic E-state index is 0.0569. The third-order valence-corrected chi connectivity index (χ3v) is 10.5. The van der Waals surface area contributed by atoms with Crippen molar-refractivity contribution in [3.05, 3.63) is 162 Å². The second kappa shape index (κ2) is 12.3. The Morgan fingerprint density at radius 2 is 1.45 bits per heavy atom. The van der Waals surface area contributed by atoms with Crippen LogP contribution >= 0.6 is 0 Å². The van der Waals surface area contributed by atoms with Crippen LogP contribution in [0, 0.1) is 18.3 Å². The molecule has 0 saturated heterocycles. The average Bonchev–Trinajstić information content (AvgIpc) is 3.55. The first-order valence-corrected chi connectivity index (χ1v) is 17.7. The molecule has 2 heterocycles. The molecule has 0 saturated carbocycles. The lowest BCUT2D eigenvalue weighted by atomic mass is 9.82. The molecule has 9 rings (SSSR count). The number of furan rings is 1. The van der Waals surface area contributed by atoms with Crippen molar-refractivity contribution in [3.63, 3.8) is 0 Å². The van der Waals surface area contributed by atoms with Gasteiger partial charge < -0.3 is 4.42 Å². The molecule has 1 unspecified atom stereocenters. The van der Waals surface area contributed by atoms with Crippen molar-refractivity contribution in [2.75, 3.05) is 0 Å². The zero-order valence-electron chi connectivity index (χ0n) is 28.9. The van der Waals surface area contributed by atoms with E-state index in [1.807, 2.05) is 18.2 Å². The Morgan fingerprint density at radius 3 is 2.25 bits per heavy atom. The van der Waals surface area contributed by atoms with Gasteiger partial charge in [-0.1, -0.05) is 123 Å². The van der Waals surface area contributed by atoms with Gasteiger partial charge in [0.2, 0.25) is 0 Å². The Morgan fingerprint density at radius 1 is 0.745 bits per heavy atom. The monoisotopic (exact) mass is 656 g/mol. The third kappa shape index (κ3) is 5.15. The van der Waals surface area contributed by atoms with Crippen LogP contribution in [0.1, 0.15) is 48.8 Å². The van der Waals surface area contributed by atoms with Gasteiger partial charge in [0.15, 0.2) is 5.58 Å². The number of rotatable bonds is 5. The number of aryl methyl sites for hydroxylation is 1. The molecule has 3 nitrogen and oxygen atoms in total. The van der Waals surface area contributed by atoms with Crippen LogP contribution in [-0.2, 0) is 0 Å². The van der Waals surface area contributed by atoms with E-state index < -0.39 is 0 Å². The predicted octanol–water partition coefficient (Wildman–Crippen LogP) is 13.2. The first-order valence-electron chi connectivity index (χ1n) is 17.7. The SMILES string of the molecule is Cc1ccccc1-c1nc2c(oc3ccccc32)c(-c2cc(-c3cc4ccccc4c4ccccc34)cc(C3C=C(C#N)C=CC3)c2)c1C(C)C. The Kier molecular flexibility index (Phi) is 7.41. The Labute approximate surface area is 297 Å². The number of hydrogen-bond donors (Lipinski definition) is 0. The molecule has 51 heavy (non-hydrogen) atoms. The lowest BCUT2D eigenvalue weighted by Crippen LogP contribution is -2.04. The van der Waals surface area contributed by atoms with Crippen molar-refractivity contribution in [3.8, 4) is 39.6 Å². The summed E-state index contributed by atoms with van der Waals surface area (Å²) in [5.41, 5.74) is 13.3. The zero-order chi connectivity index (χ0) is 34.6.